The molecule has 1 N–H and O–H groups in total. The van der Waals surface area contributed by atoms with Crippen molar-refractivity contribution in [3.63, 3.8) is 0 Å². The van der Waals surface area contributed by atoms with Crippen LogP contribution < -0.4 is 0 Å². The molecular weight excluding hydrogens is 200 g/mol. The normalized spacial score (nSPS) is 14.3. The molecule has 0 aromatic rings. The number of carbonyl (C=O) groups is 1. The van der Waals surface area contributed by atoms with Gasteiger partial charge in [0.25, 0.3) is 5.63 Å². The summed E-state index contributed by atoms with van der Waals surface area (Å²) in [6, 6.07) is 0. The van der Waals surface area contributed by atoms with Gasteiger partial charge < -0.3 is 9.84 Å². The Bertz CT molecular complexity index is 162. The van der Waals surface area contributed by atoms with Gasteiger partial charge in [0, 0.05) is 0 Å². The Labute approximate surface area is 71.1 Å². The SMILES string of the molecule is O=C(O)CCOC(F)(F)C(F)Cl. The molecule has 0 saturated carbocycles. The molecule has 0 aliphatic rings. The number of halogens is 4. The molecule has 0 aliphatic heterocycles. The van der Waals surface area contributed by atoms with Crippen molar-refractivity contribution in [2.24, 2.45) is 0 Å². The summed E-state index contributed by atoms with van der Waals surface area (Å²) in [7, 11) is 0. The van der Waals surface area contributed by atoms with Crippen molar-refractivity contribution in [1.82, 2.24) is 0 Å². The largest absolute Gasteiger partial charge is 0.481 e. The van der Waals surface area contributed by atoms with Crippen LogP contribution in [0.5, 0.6) is 0 Å². The van der Waals surface area contributed by atoms with E-state index in [1.54, 1.807) is 0 Å². The lowest BCUT2D eigenvalue weighted by molar-refractivity contribution is -0.256. The van der Waals surface area contributed by atoms with Crippen molar-refractivity contribution in [2.45, 2.75) is 18.2 Å². The highest BCUT2D eigenvalue weighted by Crippen LogP contribution is 2.25. The van der Waals surface area contributed by atoms with Crippen LogP contribution in [0.25, 0.3) is 0 Å². The van der Waals surface area contributed by atoms with E-state index in [-0.39, 0.29) is 0 Å². The zero-order valence-corrected chi connectivity index (χ0v) is 6.52. The predicted octanol–water partition coefficient (Wildman–Crippen LogP) is 1.60. The first-order chi connectivity index (χ1) is 5.36. The first-order valence-corrected chi connectivity index (χ1v) is 3.31. The third kappa shape index (κ3) is 4.40. The maximum Gasteiger partial charge on any atom is 0.400 e. The van der Waals surface area contributed by atoms with Crippen LogP contribution in [-0.2, 0) is 9.53 Å². The molecule has 0 amide bonds. The average molecular weight is 207 g/mol. The fourth-order valence-electron chi connectivity index (χ4n) is 0.337. The molecule has 3 nitrogen and oxygen atoms in total. The Hall–Kier alpha value is -0.490. The summed E-state index contributed by atoms with van der Waals surface area (Å²) in [5.74, 6) is -1.31. The van der Waals surface area contributed by atoms with Crippen LogP contribution in [0.2, 0.25) is 0 Å². The summed E-state index contributed by atoms with van der Waals surface area (Å²) in [5.41, 5.74) is -2.97. The highest BCUT2D eigenvalue weighted by atomic mass is 35.5. The number of carboxylic acids is 1. The lowest BCUT2D eigenvalue weighted by Crippen LogP contribution is -2.30. The summed E-state index contributed by atoms with van der Waals surface area (Å²) in [6.45, 7) is -0.782. The van der Waals surface area contributed by atoms with Crippen molar-refractivity contribution in [1.29, 1.82) is 0 Å². The zero-order valence-electron chi connectivity index (χ0n) is 5.77. The van der Waals surface area contributed by atoms with E-state index in [4.69, 9.17) is 5.11 Å². The van der Waals surface area contributed by atoms with E-state index < -0.39 is 30.7 Å². The number of alkyl halides is 4. The number of aliphatic carboxylic acids is 1. The summed E-state index contributed by atoms with van der Waals surface area (Å²) < 4.78 is 39.5. The lowest BCUT2D eigenvalue weighted by Gasteiger charge is -2.15. The van der Waals surface area contributed by atoms with Gasteiger partial charge in [0.1, 0.15) is 0 Å². The van der Waals surface area contributed by atoms with E-state index in [9.17, 15) is 18.0 Å². The van der Waals surface area contributed by atoms with Gasteiger partial charge >= 0.3 is 12.1 Å². The van der Waals surface area contributed by atoms with Crippen LogP contribution in [0, 0.1) is 0 Å². The molecule has 7 heteroatoms. The molecule has 0 fully saturated rings. The minimum absolute atomic E-state index is 0.626. The van der Waals surface area contributed by atoms with Crippen LogP contribution in [0.1, 0.15) is 6.42 Å². The van der Waals surface area contributed by atoms with Gasteiger partial charge in [-0.1, -0.05) is 11.6 Å². The predicted molar refractivity (Wildman–Crippen MR) is 33.9 cm³/mol. The van der Waals surface area contributed by atoms with Gasteiger partial charge in [-0.25, -0.2) is 4.39 Å². The fraction of sp³-hybridized carbons (Fsp3) is 0.800. The summed E-state index contributed by atoms with van der Waals surface area (Å²) >= 11 is 4.40. The number of ether oxygens (including phenoxy) is 1. The molecule has 0 radical (unpaired) electrons. The Morgan fingerprint density at radius 1 is 1.67 bits per heavy atom. The van der Waals surface area contributed by atoms with Crippen LogP contribution in [-0.4, -0.2) is 29.4 Å². The summed E-state index contributed by atoms with van der Waals surface area (Å²) in [6.07, 6.45) is -4.75. The molecule has 0 bridgehead atoms. The molecule has 0 aliphatic carbocycles. The van der Waals surface area contributed by atoms with Crippen molar-refractivity contribution < 1.29 is 27.8 Å². The van der Waals surface area contributed by atoms with Gasteiger partial charge in [-0.2, -0.15) is 8.78 Å². The number of rotatable bonds is 5. The van der Waals surface area contributed by atoms with E-state index >= 15 is 0 Å². The molecule has 0 saturated heterocycles. The van der Waals surface area contributed by atoms with E-state index in [0.717, 1.165) is 0 Å². The van der Waals surface area contributed by atoms with E-state index in [0.29, 0.717) is 0 Å². The van der Waals surface area contributed by atoms with E-state index in [1.165, 1.54) is 0 Å². The maximum absolute atomic E-state index is 12.1. The fourth-order valence-corrected chi connectivity index (χ4v) is 0.400. The van der Waals surface area contributed by atoms with Gasteiger partial charge in [-0.15, -0.1) is 0 Å². The third-order valence-corrected chi connectivity index (χ3v) is 1.12. The molecule has 1 unspecified atom stereocenters. The highest BCUT2D eigenvalue weighted by Gasteiger charge is 2.40. The number of hydrogen-bond acceptors (Lipinski definition) is 2. The molecule has 1 atom stereocenters. The topological polar surface area (TPSA) is 46.5 Å². The summed E-state index contributed by atoms with van der Waals surface area (Å²) in [5, 5.41) is 8.00. The monoisotopic (exact) mass is 206 g/mol. The third-order valence-electron chi connectivity index (χ3n) is 0.864. The van der Waals surface area contributed by atoms with Crippen molar-refractivity contribution in [2.75, 3.05) is 6.61 Å². The summed E-state index contributed by atoms with van der Waals surface area (Å²) in [4.78, 5) is 9.80. The molecule has 12 heavy (non-hydrogen) atoms. The Morgan fingerprint density at radius 3 is 2.50 bits per heavy atom. The first-order valence-electron chi connectivity index (χ1n) is 2.88. The molecule has 0 heterocycles. The van der Waals surface area contributed by atoms with Gasteiger partial charge in [-0.05, 0) is 0 Å². The molecule has 0 rings (SSSR count). The zero-order chi connectivity index (χ0) is 9.78. The van der Waals surface area contributed by atoms with Crippen LogP contribution in [0.3, 0.4) is 0 Å². The standard InChI is InChI=1S/C5H6ClF3O3/c6-4(7)5(8,9)12-2-1-3(10)11/h4H,1-2H2,(H,10,11). The molecule has 0 spiro atoms. The van der Waals surface area contributed by atoms with Gasteiger partial charge in [0.2, 0.25) is 0 Å². The quantitative estimate of drug-likeness (QED) is 0.695. The second-order valence-electron chi connectivity index (χ2n) is 1.85. The molecule has 0 aromatic carbocycles. The number of carboxylic acid groups (broad SMARTS) is 1. The first kappa shape index (κ1) is 11.5. The van der Waals surface area contributed by atoms with E-state index in [1.807, 2.05) is 0 Å². The Morgan fingerprint density at radius 2 is 2.17 bits per heavy atom. The van der Waals surface area contributed by atoms with Crippen LogP contribution >= 0.6 is 11.6 Å². The molecular formula is C5H6ClF3O3. The number of hydrogen-bond donors (Lipinski definition) is 1. The average Bonchev–Trinajstić information content (AvgIpc) is 1.85. The van der Waals surface area contributed by atoms with Crippen molar-refractivity contribution in [3.05, 3.63) is 0 Å². The maximum atomic E-state index is 12.1. The second-order valence-corrected chi connectivity index (χ2v) is 2.24. The van der Waals surface area contributed by atoms with Gasteiger partial charge in [-0.3, -0.25) is 4.79 Å². The van der Waals surface area contributed by atoms with Crippen molar-refractivity contribution in [3.8, 4) is 0 Å². The molecule has 0 aromatic heterocycles. The van der Waals surface area contributed by atoms with Crippen molar-refractivity contribution >= 4 is 17.6 Å². The van der Waals surface area contributed by atoms with Crippen LogP contribution in [0.4, 0.5) is 13.2 Å². The highest BCUT2D eigenvalue weighted by molar-refractivity contribution is 6.20. The van der Waals surface area contributed by atoms with Gasteiger partial charge in [0.05, 0.1) is 13.0 Å². The van der Waals surface area contributed by atoms with Gasteiger partial charge in [0.15, 0.2) is 0 Å². The van der Waals surface area contributed by atoms with E-state index in [2.05, 4.69) is 16.3 Å². The minimum Gasteiger partial charge on any atom is -0.481 e. The second kappa shape index (κ2) is 4.51. The Balaban J connectivity index is 3.69. The lowest BCUT2D eigenvalue weighted by atomic mass is 10.5. The van der Waals surface area contributed by atoms with Crippen LogP contribution in [0.15, 0.2) is 0 Å². The Kier molecular flexibility index (Phi) is 4.33. The minimum atomic E-state index is -4.13. The molecule has 72 valence electrons. The smallest absolute Gasteiger partial charge is 0.400 e.